The molecule has 0 saturated carbocycles. The highest BCUT2D eigenvalue weighted by Crippen LogP contribution is 2.15. The highest BCUT2D eigenvalue weighted by Gasteiger charge is 2.21. The van der Waals surface area contributed by atoms with E-state index in [1.165, 1.54) is 0 Å². The Morgan fingerprint density at radius 2 is 1.86 bits per heavy atom. The largest absolute Gasteiger partial charge is 0.350 e. The van der Waals surface area contributed by atoms with E-state index in [1.807, 2.05) is 12.1 Å². The Morgan fingerprint density at radius 1 is 1.21 bits per heavy atom. The standard InChI is InChI=1S/C18H27N5O3S.ClH/c1-13(2)22-27(25,26)12-15-8-6-5-7-14(15)9-20-18(24)17(19-3)16-10-21-23(4)11-16;/h5-8,10-11,13,17,19,22H,9,12H2,1-4H3,(H,20,24);1H. The fraction of sp³-hybridized carbons (Fsp3) is 0.444. The molecule has 10 heteroatoms. The molecule has 0 spiro atoms. The summed E-state index contributed by atoms with van der Waals surface area (Å²) >= 11 is 0. The number of sulfonamides is 1. The van der Waals surface area contributed by atoms with Gasteiger partial charge in [-0.15, -0.1) is 12.4 Å². The Labute approximate surface area is 172 Å². The summed E-state index contributed by atoms with van der Waals surface area (Å²) in [5, 5.41) is 9.93. The molecule has 0 saturated heterocycles. The van der Waals surface area contributed by atoms with Gasteiger partial charge in [-0.05, 0) is 32.0 Å². The number of likely N-dealkylation sites (N-methyl/N-ethyl adjacent to an activating group) is 1. The van der Waals surface area contributed by atoms with Gasteiger partial charge in [0.25, 0.3) is 0 Å². The molecule has 1 heterocycles. The van der Waals surface area contributed by atoms with Gasteiger partial charge in [-0.3, -0.25) is 9.48 Å². The second-order valence-electron chi connectivity index (χ2n) is 6.69. The average Bonchev–Trinajstić information content (AvgIpc) is 2.99. The van der Waals surface area contributed by atoms with Crippen molar-refractivity contribution < 1.29 is 13.2 Å². The van der Waals surface area contributed by atoms with Crippen LogP contribution in [0.1, 0.15) is 36.6 Å². The van der Waals surface area contributed by atoms with Crippen molar-refractivity contribution >= 4 is 28.3 Å². The van der Waals surface area contributed by atoms with E-state index in [1.54, 1.807) is 57.2 Å². The number of nitrogens with zero attached hydrogens (tertiary/aromatic N) is 2. The number of aryl methyl sites for hydroxylation is 1. The molecular formula is C18H28ClN5O3S. The molecule has 0 radical (unpaired) electrons. The lowest BCUT2D eigenvalue weighted by atomic mass is 10.1. The molecule has 8 nitrogen and oxygen atoms in total. The van der Waals surface area contributed by atoms with Crippen molar-refractivity contribution in [1.29, 1.82) is 0 Å². The molecule has 1 aromatic heterocycles. The van der Waals surface area contributed by atoms with Crippen LogP contribution in [0.2, 0.25) is 0 Å². The normalized spacial score (nSPS) is 12.5. The first-order chi connectivity index (χ1) is 12.7. The second-order valence-corrected chi connectivity index (χ2v) is 8.44. The maximum atomic E-state index is 12.6. The minimum Gasteiger partial charge on any atom is -0.350 e. The number of aromatic nitrogens is 2. The summed E-state index contributed by atoms with van der Waals surface area (Å²) in [6, 6.07) is 6.49. The van der Waals surface area contributed by atoms with Crippen molar-refractivity contribution in [3.63, 3.8) is 0 Å². The first kappa shape index (κ1) is 24.1. The Hall–Kier alpha value is -1.94. The molecule has 0 aliphatic carbocycles. The molecular weight excluding hydrogens is 402 g/mol. The van der Waals surface area contributed by atoms with Crippen LogP contribution in [0.25, 0.3) is 0 Å². The van der Waals surface area contributed by atoms with Gasteiger partial charge in [0, 0.05) is 31.4 Å². The fourth-order valence-corrected chi connectivity index (χ4v) is 4.29. The van der Waals surface area contributed by atoms with E-state index in [0.29, 0.717) is 5.56 Å². The monoisotopic (exact) mass is 429 g/mol. The summed E-state index contributed by atoms with van der Waals surface area (Å²) < 4.78 is 28.7. The smallest absolute Gasteiger partial charge is 0.242 e. The fourth-order valence-electron chi connectivity index (χ4n) is 2.80. The first-order valence-electron chi connectivity index (χ1n) is 8.72. The van der Waals surface area contributed by atoms with Crippen LogP contribution >= 0.6 is 12.4 Å². The maximum Gasteiger partial charge on any atom is 0.242 e. The molecule has 3 N–H and O–H groups in total. The maximum absolute atomic E-state index is 12.6. The first-order valence-corrected chi connectivity index (χ1v) is 10.4. The van der Waals surface area contributed by atoms with E-state index in [9.17, 15) is 13.2 Å². The summed E-state index contributed by atoms with van der Waals surface area (Å²) in [5.74, 6) is -0.335. The minimum absolute atomic E-state index is 0. The van der Waals surface area contributed by atoms with Gasteiger partial charge in [-0.25, -0.2) is 13.1 Å². The third kappa shape index (κ3) is 6.90. The van der Waals surface area contributed by atoms with E-state index in [4.69, 9.17) is 0 Å². The zero-order chi connectivity index (χ0) is 20.0. The topological polar surface area (TPSA) is 105 Å². The highest BCUT2D eigenvalue weighted by molar-refractivity contribution is 7.88. The van der Waals surface area contributed by atoms with Gasteiger partial charge in [-0.1, -0.05) is 24.3 Å². The van der Waals surface area contributed by atoms with Crippen LogP contribution in [0.15, 0.2) is 36.7 Å². The van der Waals surface area contributed by atoms with E-state index in [-0.39, 0.29) is 36.7 Å². The van der Waals surface area contributed by atoms with E-state index in [0.717, 1.165) is 11.1 Å². The number of rotatable bonds is 9. The molecule has 2 rings (SSSR count). The number of nitrogens with one attached hydrogen (secondary N) is 3. The van der Waals surface area contributed by atoms with E-state index < -0.39 is 16.1 Å². The van der Waals surface area contributed by atoms with Crippen molar-refractivity contribution in [2.45, 2.75) is 38.2 Å². The van der Waals surface area contributed by atoms with Crippen molar-refractivity contribution in [1.82, 2.24) is 25.1 Å². The van der Waals surface area contributed by atoms with Gasteiger partial charge in [0.05, 0.1) is 11.9 Å². The van der Waals surface area contributed by atoms with Gasteiger partial charge in [0.1, 0.15) is 6.04 Å². The zero-order valence-corrected chi connectivity index (χ0v) is 18.1. The number of carbonyl (C=O) groups excluding carboxylic acids is 1. The lowest BCUT2D eigenvalue weighted by Crippen LogP contribution is -2.36. The third-order valence-electron chi connectivity index (χ3n) is 3.94. The van der Waals surface area contributed by atoms with Crippen LogP contribution < -0.4 is 15.4 Å². The number of amides is 1. The summed E-state index contributed by atoms with van der Waals surface area (Å²) in [7, 11) is 0.0492. The molecule has 1 aromatic carbocycles. The molecule has 156 valence electrons. The molecule has 1 unspecified atom stereocenters. The number of hydrogen-bond acceptors (Lipinski definition) is 5. The van der Waals surface area contributed by atoms with Crippen molar-refractivity contribution in [2.75, 3.05) is 7.05 Å². The number of hydrogen-bond donors (Lipinski definition) is 3. The molecule has 0 aliphatic heterocycles. The predicted molar refractivity (Wildman–Crippen MR) is 111 cm³/mol. The van der Waals surface area contributed by atoms with Crippen LogP contribution in [0.5, 0.6) is 0 Å². The third-order valence-corrected chi connectivity index (χ3v) is 5.46. The summed E-state index contributed by atoms with van der Waals surface area (Å²) in [6.07, 6.45) is 3.41. The predicted octanol–water partition coefficient (Wildman–Crippen LogP) is 1.25. The molecule has 0 aliphatic rings. The second kappa shape index (κ2) is 10.6. The Balaban J connectivity index is 0.00000392. The molecule has 28 heavy (non-hydrogen) atoms. The SMILES string of the molecule is CNC(C(=O)NCc1ccccc1CS(=O)(=O)NC(C)C)c1cnn(C)c1.Cl. The zero-order valence-electron chi connectivity index (χ0n) is 16.5. The minimum atomic E-state index is -3.44. The van der Waals surface area contributed by atoms with Crippen LogP contribution in [-0.4, -0.2) is 37.2 Å². The van der Waals surface area contributed by atoms with Crippen LogP contribution in [-0.2, 0) is 34.2 Å². The Bertz CT molecular complexity index is 883. The number of benzene rings is 1. The van der Waals surface area contributed by atoms with Crippen molar-refractivity contribution in [3.05, 3.63) is 53.3 Å². The van der Waals surface area contributed by atoms with E-state index in [2.05, 4.69) is 20.5 Å². The average molecular weight is 430 g/mol. The van der Waals surface area contributed by atoms with E-state index >= 15 is 0 Å². The van der Waals surface area contributed by atoms with Crippen molar-refractivity contribution in [3.8, 4) is 0 Å². The highest BCUT2D eigenvalue weighted by atomic mass is 35.5. The summed E-state index contributed by atoms with van der Waals surface area (Å²) in [5.41, 5.74) is 2.18. The lowest BCUT2D eigenvalue weighted by Gasteiger charge is -2.16. The van der Waals surface area contributed by atoms with Crippen molar-refractivity contribution in [2.24, 2.45) is 7.05 Å². The van der Waals surface area contributed by atoms with Gasteiger partial charge < -0.3 is 10.6 Å². The van der Waals surface area contributed by atoms with Gasteiger partial charge >= 0.3 is 0 Å². The molecule has 1 amide bonds. The van der Waals surface area contributed by atoms with Gasteiger partial charge in [0.15, 0.2) is 0 Å². The Morgan fingerprint density at radius 3 is 2.39 bits per heavy atom. The molecule has 0 fully saturated rings. The summed E-state index contributed by atoms with van der Waals surface area (Å²) in [6.45, 7) is 3.80. The van der Waals surface area contributed by atoms with Gasteiger partial charge in [0.2, 0.25) is 15.9 Å². The molecule has 2 aromatic rings. The van der Waals surface area contributed by atoms with Gasteiger partial charge in [-0.2, -0.15) is 5.10 Å². The lowest BCUT2D eigenvalue weighted by molar-refractivity contribution is -0.123. The molecule has 0 bridgehead atoms. The van der Waals surface area contributed by atoms with Crippen LogP contribution in [0, 0.1) is 0 Å². The van der Waals surface area contributed by atoms with Crippen LogP contribution in [0.4, 0.5) is 0 Å². The summed E-state index contributed by atoms with van der Waals surface area (Å²) in [4.78, 5) is 12.6. The number of halogens is 1. The quantitative estimate of drug-likeness (QED) is 0.556. The Kier molecular flexibility index (Phi) is 9.09. The number of carbonyl (C=O) groups is 1. The van der Waals surface area contributed by atoms with Crippen LogP contribution in [0.3, 0.4) is 0 Å². The molecule has 1 atom stereocenters.